The Labute approximate surface area is 125 Å². The molecule has 3 rings (SSSR count). The maximum absolute atomic E-state index is 8.35. The van der Waals surface area contributed by atoms with Crippen LogP contribution in [-0.4, -0.2) is 18.2 Å². The Bertz CT molecular complexity index is 889. The van der Waals surface area contributed by atoms with Crippen molar-refractivity contribution in [3.8, 4) is 0 Å². The van der Waals surface area contributed by atoms with Crippen LogP contribution in [0, 0.1) is 44.0 Å². The number of fused-ring (bicyclic) bond motifs is 2. The lowest BCUT2D eigenvalue weighted by atomic mass is 10.0. The van der Waals surface area contributed by atoms with Crippen LogP contribution in [0.5, 0.6) is 0 Å². The van der Waals surface area contributed by atoms with Crippen LogP contribution >= 0.6 is 0 Å². The van der Waals surface area contributed by atoms with E-state index in [0.717, 1.165) is 18.2 Å². The number of hydrogen-bond acceptors (Lipinski definition) is 6. The van der Waals surface area contributed by atoms with Crippen molar-refractivity contribution in [2.24, 2.45) is 0 Å². The Morgan fingerprint density at radius 2 is 1.05 bits per heavy atom. The van der Waals surface area contributed by atoms with E-state index in [1.807, 2.05) is 0 Å². The summed E-state index contributed by atoms with van der Waals surface area (Å²) < 4.78 is 0. The van der Waals surface area contributed by atoms with E-state index in [-0.39, 0.29) is 0 Å². The molecule has 0 bridgehead atoms. The molecule has 0 aromatic heterocycles. The van der Waals surface area contributed by atoms with Crippen LogP contribution in [0.4, 0.5) is 0 Å². The van der Waals surface area contributed by atoms with Gasteiger partial charge in [-0.15, -0.1) is 0 Å². The topological polar surface area (TPSA) is 123 Å². The maximum Gasteiger partial charge on any atom is 0.231 e. The Balaban J connectivity index is 0.000000416. The molecule has 0 amide bonds. The highest BCUT2D eigenvalue weighted by Gasteiger charge is 1.99. The van der Waals surface area contributed by atoms with Gasteiger partial charge in [-0.05, 0) is 27.8 Å². The molecule has 0 atom stereocenters. The first-order valence-corrected chi connectivity index (χ1v) is 5.93. The first-order chi connectivity index (χ1) is 10.6. The molecule has 0 spiro atoms. The van der Waals surface area contributed by atoms with Crippen molar-refractivity contribution in [2.45, 2.75) is 6.92 Å². The molecule has 0 radical (unpaired) electrons. The largest absolute Gasteiger partial charge is 0.231 e. The normalized spacial score (nSPS) is 7.86. The number of hydrogen-bond donors (Lipinski definition) is 3. The van der Waals surface area contributed by atoms with Crippen molar-refractivity contribution in [3.63, 3.8) is 0 Å². The van der Waals surface area contributed by atoms with Gasteiger partial charge in [-0.1, -0.05) is 48.0 Å². The van der Waals surface area contributed by atoms with Gasteiger partial charge in [-0.2, -0.15) is 0 Å². The summed E-state index contributed by atoms with van der Waals surface area (Å²) in [6.45, 7) is 2.14. The van der Waals surface area contributed by atoms with Crippen molar-refractivity contribution >= 4 is 18.2 Å². The van der Waals surface area contributed by atoms with Crippen LogP contribution in [0.15, 0.2) is 42.5 Å². The molecule has 2 aromatic rings. The van der Waals surface area contributed by atoms with Crippen molar-refractivity contribution in [3.05, 3.63) is 68.9 Å². The summed E-state index contributed by atoms with van der Waals surface area (Å²) in [7, 11) is 0. The van der Waals surface area contributed by atoms with Crippen LogP contribution < -0.4 is 0 Å². The Morgan fingerprint density at radius 1 is 0.682 bits per heavy atom. The molecule has 110 valence electrons. The van der Waals surface area contributed by atoms with Gasteiger partial charge in [0, 0.05) is 0 Å². The molecule has 0 heterocycles. The van der Waals surface area contributed by atoms with Gasteiger partial charge in [0.15, 0.2) is 0 Å². The third-order valence-corrected chi connectivity index (χ3v) is 2.68. The predicted molar refractivity (Wildman–Crippen MR) is 78.2 cm³/mol. The fourth-order valence-corrected chi connectivity index (χ4v) is 2.01. The fourth-order valence-electron chi connectivity index (χ4n) is 2.01. The molecule has 6 nitrogen and oxygen atoms in total. The number of isocyanates is 3. The molecule has 22 heavy (non-hydrogen) atoms. The number of rotatable bonds is 0. The number of benzene rings is 2. The lowest BCUT2D eigenvalue weighted by molar-refractivity contribution is 0.562. The van der Waals surface area contributed by atoms with E-state index in [4.69, 9.17) is 30.6 Å². The van der Waals surface area contributed by atoms with Gasteiger partial charge in [0.05, 0.1) is 0 Å². The summed E-state index contributed by atoms with van der Waals surface area (Å²) in [5, 5.41) is 21.8. The highest BCUT2D eigenvalue weighted by Crippen LogP contribution is 2.13. The second kappa shape index (κ2) is 10.4. The molecule has 3 N–H and O–H groups in total. The standard InChI is InChI=1S/C13H10.3CHNO/c1-9-6-7-12-10-4-2-3-5-11(10)13(12)8-9;3*2-1-3/h2-8H,1H3;3*2H. The third-order valence-electron chi connectivity index (χ3n) is 2.68. The fraction of sp³-hybridized carbons (Fsp3) is 0.0625. The lowest BCUT2D eigenvalue weighted by Crippen LogP contribution is -1.90. The second-order valence-corrected chi connectivity index (χ2v) is 3.90. The molecule has 0 saturated carbocycles. The highest BCUT2D eigenvalue weighted by atomic mass is 16.1. The van der Waals surface area contributed by atoms with Crippen molar-refractivity contribution in [1.82, 2.24) is 0 Å². The molecule has 0 fully saturated rings. The van der Waals surface area contributed by atoms with Crippen LogP contribution in [-0.2, 0) is 14.4 Å². The number of aryl methyl sites for hydroxylation is 1. The monoisotopic (exact) mass is 295 g/mol. The predicted octanol–water partition coefficient (Wildman–Crippen LogP) is 2.59. The minimum atomic E-state index is 0.750. The summed E-state index contributed by atoms with van der Waals surface area (Å²) in [5.74, 6) is 0. The summed E-state index contributed by atoms with van der Waals surface area (Å²) in [5.41, 5.74) is 1.34. The number of carbonyl (C=O) groups excluding carboxylic acids is 3. The molecule has 2 aromatic carbocycles. The molecular weight excluding hydrogens is 282 g/mol. The van der Waals surface area contributed by atoms with Crippen LogP contribution in [0.2, 0.25) is 0 Å². The van der Waals surface area contributed by atoms with E-state index < -0.39 is 0 Å². The van der Waals surface area contributed by atoms with Gasteiger partial charge >= 0.3 is 0 Å². The van der Waals surface area contributed by atoms with E-state index in [1.54, 1.807) is 0 Å². The zero-order valence-corrected chi connectivity index (χ0v) is 11.8. The first-order valence-electron chi connectivity index (χ1n) is 5.93. The van der Waals surface area contributed by atoms with Gasteiger partial charge in [-0.3, -0.25) is 0 Å². The molecule has 0 saturated heterocycles. The van der Waals surface area contributed by atoms with E-state index >= 15 is 0 Å². The van der Waals surface area contributed by atoms with Crippen molar-refractivity contribution in [1.29, 1.82) is 16.2 Å². The second-order valence-electron chi connectivity index (χ2n) is 3.90. The minimum Gasteiger partial charge on any atom is -0.222 e. The molecule has 0 aliphatic heterocycles. The maximum atomic E-state index is 8.35. The number of nitrogens with one attached hydrogen (secondary N) is 3. The summed E-state index contributed by atoms with van der Waals surface area (Å²) in [6.07, 6.45) is 2.25. The zero-order chi connectivity index (χ0) is 17.0. The minimum absolute atomic E-state index is 0.750. The average molecular weight is 295 g/mol. The van der Waals surface area contributed by atoms with Gasteiger partial charge in [-0.25, -0.2) is 30.6 Å². The summed E-state index contributed by atoms with van der Waals surface area (Å²) >= 11 is 0. The van der Waals surface area contributed by atoms with Crippen LogP contribution in [0.3, 0.4) is 0 Å². The SMILES string of the molecule is Cc1ccc2c(c1)=c1ccccc1=2.N=C=O.N=C=O.N=C=O. The molecule has 0 unspecified atom stereocenters. The van der Waals surface area contributed by atoms with Crippen LogP contribution in [0.25, 0.3) is 0 Å². The highest BCUT2D eigenvalue weighted by molar-refractivity contribution is 5.31. The van der Waals surface area contributed by atoms with Gasteiger partial charge < -0.3 is 0 Å². The van der Waals surface area contributed by atoms with Crippen LogP contribution in [0.1, 0.15) is 5.56 Å². The Kier molecular flexibility index (Phi) is 8.76. The van der Waals surface area contributed by atoms with Crippen molar-refractivity contribution in [2.75, 3.05) is 0 Å². The quantitative estimate of drug-likeness (QED) is 0.436. The van der Waals surface area contributed by atoms with E-state index in [2.05, 4.69) is 49.4 Å². The van der Waals surface area contributed by atoms with E-state index in [0.29, 0.717) is 0 Å². The van der Waals surface area contributed by atoms with E-state index in [9.17, 15) is 0 Å². The molecule has 1 aliphatic rings. The molecule has 6 heteroatoms. The smallest absolute Gasteiger partial charge is 0.222 e. The average Bonchev–Trinajstić information content (AvgIpc) is 2.48. The summed E-state index contributed by atoms with van der Waals surface area (Å²) in [6, 6.07) is 15.2. The van der Waals surface area contributed by atoms with Gasteiger partial charge in [0.25, 0.3) is 0 Å². The van der Waals surface area contributed by atoms with E-state index in [1.165, 1.54) is 26.4 Å². The lowest BCUT2D eigenvalue weighted by Gasteiger charge is -2.04. The summed E-state index contributed by atoms with van der Waals surface area (Å²) in [4.78, 5) is 25.0. The zero-order valence-electron chi connectivity index (χ0n) is 11.8. The van der Waals surface area contributed by atoms with Crippen molar-refractivity contribution < 1.29 is 14.4 Å². The van der Waals surface area contributed by atoms with Gasteiger partial charge in [0.2, 0.25) is 18.2 Å². The molecular formula is C16H13N3O3. The Hall–Kier alpha value is -3.42. The third kappa shape index (κ3) is 4.93. The van der Waals surface area contributed by atoms with Gasteiger partial charge in [0.1, 0.15) is 0 Å². The first kappa shape index (κ1) is 18.6. The molecule has 1 aliphatic carbocycles. The Morgan fingerprint density at radius 3 is 1.50 bits per heavy atom.